The van der Waals surface area contributed by atoms with Crippen molar-refractivity contribution in [2.24, 2.45) is 0 Å². The number of hydroxylamine groups is 1. The molecule has 1 N–H and O–H groups in total. The Morgan fingerprint density at radius 1 is 0.732 bits per heavy atom. The van der Waals surface area contributed by atoms with Crippen molar-refractivity contribution < 1.29 is 58.6 Å². The van der Waals surface area contributed by atoms with Crippen LogP contribution in [0.2, 0.25) is 0 Å². The smallest absolute Gasteiger partial charge is 0.457 e. The van der Waals surface area contributed by atoms with Gasteiger partial charge in [0.05, 0.1) is 12.2 Å². The first kappa shape index (κ1) is 31.8. The van der Waals surface area contributed by atoms with Gasteiger partial charge in [0.2, 0.25) is 0 Å². The maximum Gasteiger partial charge on any atom is 0.460 e. The zero-order valence-corrected chi connectivity index (χ0v) is 21.5. The van der Waals surface area contributed by atoms with Gasteiger partial charge in [-0.05, 0) is 73.9 Å². The van der Waals surface area contributed by atoms with Crippen molar-refractivity contribution in [3.8, 4) is 17.2 Å². The fourth-order valence-corrected chi connectivity index (χ4v) is 3.58. The van der Waals surface area contributed by atoms with Gasteiger partial charge in [-0.1, -0.05) is 18.2 Å². The molecule has 1 atom stereocenters. The predicted octanol–water partition coefficient (Wildman–Crippen LogP) is 8.42. The molecular formula is C27H23F10NO3. The van der Waals surface area contributed by atoms with E-state index in [9.17, 15) is 49.0 Å². The SMILES string of the molecule is Cc1cc(Oc2cccc(N(CC(O)C(F)(F)F)Oc3cccc(C(F)(F)C(F)(F)C(F)(F)F)c3)c2)cc(C)c1C. The Bertz CT molecular complexity index is 1350. The average Bonchev–Trinajstić information content (AvgIpc) is 2.85. The quantitative estimate of drug-likeness (QED) is 0.198. The van der Waals surface area contributed by atoms with E-state index in [1.165, 1.54) is 24.3 Å². The van der Waals surface area contributed by atoms with Crippen LogP contribution in [0.15, 0.2) is 60.7 Å². The number of aryl methyl sites for hydroxylation is 2. The van der Waals surface area contributed by atoms with Gasteiger partial charge in [-0.3, -0.25) is 0 Å². The van der Waals surface area contributed by atoms with E-state index in [0.717, 1.165) is 22.8 Å². The molecule has 0 fully saturated rings. The first-order valence-electron chi connectivity index (χ1n) is 11.7. The van der Waals surface area contributed by atoms with Gasteiger partial charge in [-0.2, -0.15) is 43.9 Å². The molecule has 224 valence electrons. The van der Waals surface area contributed by atoms with Crippen LogP contribution in [0.5, 0.6) is 17.2 Å². The van der Waals surface area contributed by atoms with E-state index in [4.69, 9.17) is 9.57 Å². The Morgan fingerprint density at radius 2 is 1.29 bits per heavy atom. The van der Waals surface area contributed by atoms with Gasteiger partial charge in [-0.15, -0.1) is 0 Å². The topological polar surface area (TPSA) is 41.9 Å². The van der Waals surface area contributed by atoms with Gasteiger partial charge in [-0.25, -0.2) is 5.06 Å². The summed E-state index contributed by atoms with van der Waals surface area (Å²) in [5.41, 5.74) is 0.775. The van der Waals surface area contributed by atoms with Crippen LogP contribution in [0.25, 0.3) is 0 Å². The molecule has 3 aromatic rings. The number of hydrogen-bond acceptors (Lipinski definition) is 4. The van der Waals surface area contributed by atoms with Crippen molar-refractivity contribution in [2.75, 3.05) is 11.6 Å². The van der Waals surface area contributed by atoms with Crippen molar-refractivity contribution in [2.45, 2.75) is 51.1 Å². The van der Waals surface area contributed by atoms with Gasteiger partial charge < -0.3 is 14.7 Å². The van der Waals surface area contributed by atoms with Crippen LogP contribution < -0.4 is 14.6 Å². The van der Waals surface area contributed by atoms with Gasteiger partial charge >= 0.3 is 24.2 Å². The molecule has 14 heteroatoms. The lowest BCUT2D eigenvalue weighted by Crippen LogP contribution is -2.50. The highest BCUT2D eigenvalue weighted by molar-refractivity contribution is 5.51. The number of aliphatic hydroxyl groups is 1. The zero-order chi connectivity index (χ0) is 31.0. The minimum atomic E-state index is -6.61. The van der Waals surface area contributed by atoms with Gasteiger partial charge in [0.1, 0.15) is 11.5 Å². The molecule has 0 amide bonds. The second-order valence-corrected chi connectivity index (χ2v) is 9.17. The summed E-state index contributed by atoms with van der Waals surface area (Å²) in [5.74, 6) is -12.6. The fourth-order valence-electron chi connectivity index (χ4n) is 3.58. The molecule has 0 aromatic heterocycles. The van der Waals surface area contributed by atoms with Crippen LogP contribution in [0.4, 0.5) is 49.6 Å². The maximum atomic E-state index is 14.2. The summed E-state index contributed by atoms with van der Waals surface area (Å²) in [7, 11) is 0. The van der Waals surface area contributed by atoms with E-state index >= 15 is 0 Å². The molecule has 41 heavy (non-hydrogen) atoms. The number of rotatable bonds is 9. The summed E-state index contributed by atoms with van der Waals surface area (Å²) >= 11 is 0. The maximum absolute atomic E-state index is 14.2. The number of hydrogen-bond donors (Lipinski definition) is 1. The molecule has 3 rings (SSSR count). The minimum absolute atomic E-state index is 0.0883. The number of alkyl halides is 10. The van der Waals surface area contributed by atoms with Crippen molar-refractivity contribution >= 4 is 5.69 Å². The molecule has 0 aliphatic heterocycles. The molecule has 0 aliphatic carbocycles. The Morgan fingerprint density at radius 3 is 1.85 bits per heavy atom. The van der Waals surface area contributed by atoms with Gasteiger partial charge in [0.25, 0.3) is 0 Å². The normalized spacial score (nSPS) is 13.6. The number of halogens is 10. The summed E-state index contributed by atoms with van der Waals surface area (Å²) in [6.45, 7) is 4.23. The number of anilines is 1. The molecule has 3 aromatic carbocycles. The van der Waals surface area contributed by atoms with Crippen LogP contribution in [0.1, 0.15) is 22.3 Å². The average molecular weight is 599 g/mol. The monoisotopic (exact) mass is 599 g/mol. The summed E-state index contributed by atoms with van der Waals surface area (Å²) in [6, 6.07) is 10.5. The first-order chi connectivity index (χ1) is 18.7. The van der Waals surface area contributed by atoms with E-state index in [0.29, 0.717) is 16.9 Å². The number of nitrogens with zero attached hydrogens (tertiary/aromatic N) is 1. The summed E-state index contributed by atoms with van der Waals surface area (Å²) in [4.78, 5) is 5.22. The number of aliphatic hydroxyl groups excluding tert-OH is 1. The molecular weight excluding hydrogens is 576 g/mol. The molecule has 0 bridgehead atoms. The van der Waals surface area contributed by atoms with Crippen molar-refractivity contribution in [3.63, 3.8) is 0 Å². The Hall–Kier alpha value is -3.68. The second-order valence-electron chi connectivity index (χ2n) is 9.17. The van der Waals surface area contributed by atoms with Crippen LogP contribution >= 0.6 is 0 Å². The summed E-state index contributed by atoms with van der Waals surface area (Å²) in [5, 5.41) is 10.1. The number of ether oxygens (including phenoxy) is 1. The third-order valence-electron chi connectivity index (χ3n) is 6.12. The van der Waals surface area contributed by atoms with Crippen LogP contribution in [0.3, 0.4) is 0 Å². The van der Waals surface area contributed by atoms with E-state index in [1.54, 1.807) is 12.1 Å². The van der Waals surface area contributed by atoms with E-state index in [-0.39, 0.29) is 23.6 Å². The highest BCUT2D eigenvalue weighted by Crippen LogP contribution is 2.52. The predicted molar refractivity (Wildman–Crippen MR) is 129 cm³/mol. The van der Waals surface area contributed by atoms with E-state index in [1.807, 2.05) is 20.8 Å². The van der Waals surface area contributed by atoms with Crippen molar-refractivity contribution in [1.82, 2.24) is 0 Å². The third-order valence-corrected chi connectivity index (χ3v) is 6.12. The summed E-state index contributed by atoms with van der Waals surface area (Å²) < 4.78 is 139. The fraction of sp³-hybridized carbons (Fsp3) is 0.333. The van der Waals surface area contributed by atoms with Crippen molar-refractivity contribution in [3.05, 3.63) is 82.9 Å². The lowest BCUT2D eigenvalue weighted by molar-refractivity contribution is -0.359. The highest BCUT2D eigenvalue weighted by Gasteiger charge is 2.73. The molecule has 4 nitrogen and oxygen atoms in total. The minimum Gasteiger partial charge on any atom is -0.457 e. The molecule has 0 saturated carbocycles. The molecule has 0 aliphatic rings. The lowest BCUT2D eigenvalue weighted by Gasteiger charge is -2.30. The molecule has 0 radical (unpaired) electrons. The summed E-state index contributed by atoms with van der Waals surface area (Å²) in [6.07, 6.45) is -14.8. The number of benzene rings is 3. The van der Waals surface area contributed by atoms with E-state index < -0.39 is 48.2 Å². The first-order valence-corrected chi connectivity index (χ1v) is 11.7. The van der Waals surface area contributed by atoms with E-state index in [2.05, 4.69) is 0 Å². The Kier molecular flexibility index (Phi) is 8.78. The molecule has 0 heterocycles. The lowest BCUT2D eigenvalue weighted by atomic mass is 10.0. The molecule has 0 spiro atoms. The largest absolute Gasteiger partial charge is 0.460 e. The highest BCUT2D eigenvalue weighted by atomic mass is 19.4. The van der Waals surface area contributed by atoms with Crippen LogP contribution in [-0.2, 0) is 5.92 Å². The molecule has 1 unspecified atom stereocenters. The Balaban J connectivity index is 1.98. The standard InChI is InChI=1S/C27H23F10NO3/c1-15-10-22(11-16(2)17(15)3)40-20-8-5-7-19(13-20)38(14-23(39)25(30,31)32)41-21-9-4-6-18(12-21)24(28,29)26(33,34)27(35,36)37/h4-13,23,39H,14H2,1-3H3. The van der Waals surface area contributed by atoms with Gasteiger partial charge in [0, 0.05) is 11.6 Å². The van der Waals surface area contributed by atoms with Crippen LogP contribution in [0, 0.1) is 20.8 Å². The second kappa shape index (κ2) is 11.3. The zero-order valence-electron chi connectivity index (χ0n) is 21.5. The Labute approximate surface area is 227 Å². The van der Waals surface area contributed by atoms with Crippen molar-refractivity contribution in [1.29, 1.82) is 0 Å². The molecule has 0 saturated heterocycles. The van der Waals surface area contributed by atoms with Crippen LogP contribution in [-0.4, -0.2) is 36.0 Å². The van der Waals surface area contributed by atoms with Gasteiger partial charge in [0.15, 0.2) is 11.9 Å². The third kappa shape index (κ3) is 6.97.